The van der Waals surface area contributed by atoms with Crippen molar-refractivity contribution in [2.45, 2.75) is 18.4 Å². The van der Waals surface area contributed by atoms with Gasteiger partial charge < -0.3 is 15.1 Å². The second-order valence-electron chi connectivity index (χ2n) is 7.17. The Morgan fingerprint density at radius 1 is 1.09 bits per heavy atom. The Hall–Kier alpha value is -2.58. The summed E-state index contributed by atoms with van der Waals surface area (Å²) in [6.07, 6.45) is 3.35. The molecule has 2 aromatic rings. The first-order valence-electron chi connectivity index (χ1n) is 9.98. The maximum Gasteiger partial charge on any atom is 0.323 e. The Labute approximate surface area is 221 Å². The number of amides is 1. The number of hydrogen-bond donors (Lipinski definition) is 2. The topological polar surface area (TPSA) is 120 Å². The van der Waals surface area contributed by atoms with E-state index in [0.717, 1.165) is 48.2 Å². The lowest BCUT2D eigenvalue weighted by molar-refractivity contribution is -0.140. The molecule has 4 rings (SSSR count). The monoisotopic (exact) mass is 569 g/mol. The Balaban J connectivity index is 1.83. The minimum atomic E-state index is -1.26. The molecule has 0 saturated carbocycles. The molecule has 14 heteroatoms. The summed E-state index contributed by atoms with van der Waals surface area (Å²) in [5.74, 6) is -3.18. The fraction of sp³-hybridized carbons (Fsp3) is 0.190. The summed E-state index contributed by atoms with van der Waals surface area (Å²) >= 11 is 14.6. The SMILES string of the molecule is CCN1/C(=C/C=c2/s/c(=C3\SC(=S)N(CC(=O)O)C3=O)n(CC(=O)O)c2=O)Sc2ccc(Cl)cc21. The van der Waals surface area contributed by atoms with Gasteiger partial charge in [-0.1, -0.05) is 47.3 Å². The lowest BCUT2D eigenvalue weighted by atomic mass is 10.3. The highest BCUT2D eigenvalue weighted by atomic mass is 35.5. The molecule has 2 N–H and O–H groups in total. The molecule has 2 aliphatic rings. The van der Waals surface area contributed by atoms with Gasteiger partial charge in [0, 0.05) is 16.5 Å². The number of thiazole rings is 1. The van der Waals surface area contributed by atoms with Crippen LogP contribution in [0.1, 0.15) is 6.92 Å². The number of anilines is 1. The van der Waals surface area contributed by atoms with Crippen molar-refractivity contribution in [3.63, 3.8) is 0 Å². The van der Waals surface area contributed by atoms with E-state index in [4.69, 9.17) is 28.9 Å². The van der Waals surface area contributed by atoms with Crippen molar-refractivity contribution < 1.29 is 24.6 Å². The number of fused-ring (bicyclic) bond motifs is 1. The van der Waals surface area contributed by atoms with Gasteiger partial charge in [-0.25, -0.2) is 0 Å². The number of aliphatic carboxylic acids is 2. The molecule has 182 valence electrons. The lowest BCUT2D eigenvalue weighted by Crippen LogP contribution is -2.36. The molecule has 2 aliphatic heterocycles. The maximum atomic E-state index is 13.1. The van der Waals surface area contributed by atoms with Gasteiger partial charge in [-0.3, -0.25) is 28.6 Å². The molecule has 0 bridgehead atoms. The van der Waals surface area contributed by atoms with Crippen molar-refractivity contribution >= 4 is 97.5 Å². The van der Waals surface area contributed by atoms with Crippen LogP contribution in [0.15, 0.2) is 39.0 Å². The third-order valence-corrected chi connectivity index (χ3v) is 9.00. The van der Waals surface area contributed by atoms with E-state index in [2.05, 4.69) is 0 Å². The van der Waals surface area contributed by atoms with Crippen molar-refractivity contribution in [2.24, 2.45) is 0 Å². The standard InChI is InChI=1S/C21H16ClN3O6S4/c1-2-23-11-7-10(22)3-4-12(11)33-14(23)6-5-13-18(30)24(8-15(26)27)20(34-13)17-19(31)25(9-16(28)29)21(32)35-17/h3-7H,2,8-9H2,1H3,(H,26,27)(H,28,29)/b13-5+,14-6-,20-17-. The van der Waals surface area contributed by atoms with Gasteiger partial charge in [-0.05, 0) is 37.3 Å². The van der Waals surface area contributed by atoms with Crippen molar-refractivity contribution in [3.8, 4) is 0 Å². The van der Waals surface area contributed by atoms with Crippen molar-refractivity contribution in [2.75, 3.05) is 18.0 Å². The van der Waals surface area contributed by atoms with Gasteiger partial charge in [0.25, 0.3) is 11.5 Å². The fourth-order valence-corrected chi connectivity index (χ4v) is 7.18. The number of thioether (sulfide) groups is 2. The average molecular weight is 570 g/mol. The van der Waals surface area contributed by atoms with Crippen LogP contribution in [0.5, 0.6) is 0 Å². The summed E-state index contributed by atoms with van der Waals surface area (Å²) in [7, 11) is 0. The number of thiocarbonyl (C=S) groups is 1. The van der Waals surface area contributed by atoms with Crippen LogP contribution in [0.4, 0.5) is 5.69 Å². The first-order valence-corrected chi connectivity index (χ1v) is 13.2. The molecular formula is C21H16ClN3O6S4. The number of rotatable bonds is 6. The number of benzene rings is 1. The van der Waals surface area contributed by atoms with Gasteiger partial charge in [-0.2, -0.15) is 0 Å². The van der Waals surface area contributed by atoms with Crippen LogP contribution < -0.4 is 19.7 Å². The van der Waals surface area contributed by atoms with Crippen LogP contribution in [-0.4, -0.2) is 54.9 Å². The van der Waals surface area contributed by atoms with Gasteiger partial charge in [0.05, 0.1) is 15.2 Å². The highest BCUT2D eigenvalue weighted by molar-refractivity contribution is 8.30. The van der Waals surface area contributed by atoms with Crippen LogP contribution >= 0.6 is 58.7 Å². The summed E-state index contributed by atoms with van der Waals surface area (Å²) in [5, 5.41) is 19.9. The highest BCUT2D eigenvalue weighted by Crippen LogP contribution is 2.46. The Morgan fingerprint density at radius 2 is 1.80 bits per heavy atom. The normalized spacial score (nSPS) is 18.7. The molecule has 9 nitrogen and oxygen atoms in total. The number of hydrogen-bond acceptors (Lipinski definition) is 9. The molecule has 0 atom stereocenters. The zero-order valence-electron chi connectivity index (χ0n) is 17.9. The van der Waals surface area contributed by atoms with E-state index in [0.29, 0.717) is 11.6 Å². The largest absolute Gasteiger partial charge is 0.480 e. The van der Waals surface area contributed by atoms with E-state index < -0.39 is 36.5 Å². The quantitative estimate of drug-likeness (QED) is 0.499. The van der Waals surface area contributed by atoms with Crippen LogP contribution in [0, 0.1) is 0 Å². The van der Waals surface area contributed by atoms with Gasteiger partial charge in [-0.15, -0.1) is 11.3 Å². The molecule has 0 spiro atoms. The summed E-state index contributed by atoms with van der Waals surface area (Å²) in [6.45, 7) is 1.37. The van der Waals surface area contributed by atoms with Crippen LogP contribution in [0.25, 0.3) is 11.0 Å². The zero-order chi connectivity index (χ0) is 25.4. The maximum absolute atomic E-state index is 13.1. The van der Waals surface area contributed by atoms with Gasteiger partial charge in [0.1, 0.15) is 27.0 Å². The lowest BCUT2D eigenvalue weighted by Gasteiger charge is -2.17. The van der Waals surface area contributed by atoms with Crippen molar-refractivity contribution in [1.29, 1.82) is 0 Å². The van der Waals surface area contributed by atoms with Gasteiger partial charge >= 0.3 is 11.9 Å². The minimum absolute atomic E-state index is 0.0272. The third-order valence-electron chi connectivity index (χ3n) is 4.92. The van der Waals surface area contributed by atoms with Crippen LogP contribution in [0.3, 0.4) is 0 Å². The Morgan fingerprint density at radius 3 is 2.46 bits per heavy atom. The van der Waals surface area contributed by atoms with E-state index in [1.807, 2.05) is 24.0 Å². The molecule has 0 radical (unpaired) electrons. The number of carboxylic acids is 2. The van der Waals surface area contributed by atoms with Crippen molar-refractivity contribution in [1.82, 2.24) is 9.47 Å². The molecule has 0 aliphatic carbocycles. The van der Waals surface area contributed by atoms with Gasteiger partial charge in [0.2, 0.25) is 0 Å². The van der Waals surface area contributed by atoms with E-state index in [9.17, 15) is 24.3 Å². The first-order chi connectivity index (χ1) is 16.6. The van der Waals surface area contributed by atoms with E-state index >= 15 is 0 Å². The number of nitrogens with zero attached hydrogens (tertiary/aromatic N) is 3. The summed E-state index contributed by atoms with van der Waals surface area (Å²) < 4.78 is 1.37. The average Bonchev–Trinajstić information content (AvgIpc) is 3.38. The van der Waals surface area contributed by atoms with Crippen molar-refractivity contribution in [3.05, 3.63) is 53.9 Å². The fourth-order valence-electron chi connectivity index (χ4n) is 3.45. The molecule has 1 amide bonds. The van der Waals surface area contributed by atoms with Crippen LogP contribution in [0.2, 0.25) is 5.02 Å². The van der Waals surface area contributed by atoms with Gasteiger partial charge in [0.15, 0.2) is 0 Å². The number of halogens is 1. The van der Waals surface area contributed by atoms with E-state index in [1.54, 1.807) is 18.2 Å². The number of allylic oxidation sites excluding steroid dienone is 1. The smallest absolute Gasteiger partial charge is 0.323 e. The molecular weight excluding hydrogens is 554 g/mol. The first kappa shape index (κ1) is 25.5. The number of carbonyl (C=O) groups is 3. The summed E-state index contributed by atoms with van der Waals surface area (Å²) in [6, 6.07) is 5.58. The number of carbonyl (C=O) groups excluding carboxylic acids is 1. The molecule has 1 saturated heterocycles. The van der Waals surface area contributed by atoms with Crippen LogP contribution in [-0.2, 0) is 20.9 Å². The Bertz CT molecular complexity index is 1500. The molecule has 35 heavy (non-hydrogen) atoms. The van der Waals surface area contributed by atoms with E-state index in [1.165, 1.54) is 11.8 Å². The minimum Gasteiger partial charge on any atom is -0.480 e. The zero-order valence-corrected chi connectivity index (χ0v) is 21.9. The number of carboxylic acid groups (broad SMARTS) is 2. The predicted octanol–water partition coefficient (Wildman–Crippen LogP) is 1.95. The van der Waals surface area contributed by atoms with E-state index in [-0.39, 0.29) is 18.4 Å². The Kier molecular flexibility index (Phi) is 7.43. The summed E-state index contributed by atoms with van der Waals surface area (Å²) in [4.78, 5) is 52.5. The molecule has 1 aromatic carbocycles. The molecule has 0 unspecified atom stereocenters. The predicted molar refractivity (Wildman–Crippen MR) is 141 cm³/mol. The summed E-state index contributed by atoms with van der Waals surface area (Å²) in [5.41, 5.74) is 0.384. The highest BCUT2D eigenvalue weighted by Gasteiger charge is 2.35. The molecule has 3 heterocycles. The molecule has 1 aromatic heterocycles. The third kappa shape index (κ3) is 5.05. The number of aromatic nitrogens is 1. The molecule has 1 fully saturated rings. The second-order valence-corrected chi connectivity index (χ2v) is 11.3. The second kappa shape index (κ2) is 10.2.